The van der Waals surface area contributed by atoms with Crippen LogP contribution in [0.5, 0.6) is 0 Å². The molecule has 60 valence electrons. The van der Waals surface area contributed by atoms with Gasteiger partial charge in [-0.15, -0.1) is 0 Å². The van der Waals surface area contributed by atoms with E-state index in [2.05, 4.69) is 13.8 Å². The van der Waals surface area contributed by atoms with Crippen LogP contribution >= 0.6 is 0 Å². The van der Waals surface area contributed by atoms with Gasteiger partial charge >= 0.3 is 0 Å². The SMILES string of the molecule is CCCC/C(O)=C(\C)CC. The molecular formula is C9H18O. The van der Waals surface area contributed by atoms with Crippen molar-refractivity contribution in [2.45, 2.75) is 46.5 Å². The maximum absolute atomic E-state index is 9.33. The van der Waals surface area contributed by atoms with Crippen molar-refractivity contribution in [1.29, 1.82) is 0 Å². The summed E-state index contributed by atoms with van der Waals surface area (Å²) in [6, 6.07) is 0. The van der Waals surface area contributed by atoms with Crippen LogP contribution in [0.4, 0.5) is 0 Å². The van der Waals surface area contributed by atoms with Gasteiger partial charge in [-0.3, -0.25) is 0 Å². The lowest BCUT2D eigenvalue weighted by Gasteiger charge is -2.01. The molecule has 0 aliphatic rings. The first-order chi connectivity index (χ1) is 4.72. The maximum Gasteiger partial charge on any atom is 0.0911 e. The number of rotatable bonds is 4. The van der Waals surface area contributed by atoms with E-state index in [1.807, 2.05) is 6.92 Å². The second-order valence-corrected chi connectivity index (χ2v) is 2.68. The molecule has 10 heavy (non-hydrogen) atoms. The largest absolute Gasteiger partial charge is 0.512 e. The van der Waals surface area contributed by atoms with Gasteiger partial charge in [-0.05, 0) is 25.3 Å². The summed E-state index contributed by atoms with van der Waals surface area (Å²) in [5.41, 5.74) is 1.13. The number of hydrogen-bond acceptors (Lipinski definition) is 1. The summed E-state index contributed by atoms with van der Waals surface area (Å²) in [7, 11) is 0. The van der Waals surface area contributed by atoms with Crippen LogP contribution in [-0.4, -0.2) is 5.11 Å². The lowest BCUT2D eigenvalue weighted by atomic mass is 10.1. The van der Waals surface area contributed by atoms with E-state index < -0.39 is 0 Å². The van der Waals surface area contributed by atoms with E-state index in [9.17, 15) is 5.11 Å². The van der Waals surface area contributed by atoms with Crippen LogP contribution in [0.2, 0.25) is 0 Å². The third-order valence-corrected chi connectivity index (χ3v) is 1.79. The van der Waals surface area contributed by atoms with Crippen LogP contribution in [0, 0.1) is 0 Å². The molecule has 0 fully saturated rings. The van der Waals surface area contributed by atoms with Gasteiger partial charge in [0.1, 0.15) is 0 Å². The van der Waals surface area contributed by atoms with Crippen molar-refractivity contribution in [2.75, 3.05) is 0 Å². The second-order valence-electron chi connectivity index (χ2n) is 2.68. The smallest absolute Gasteiger partial charge is 0.0911 e. The molecule has 0 heterocycles. The average molecular weight is 142 g/mol. The number of aliphatic hydroxyl groups excluding tert-OH is 1. The van der Waals surface area contributed by atoms with Crippen molar-refractivity contribution >= 4 is 0 Å². The molecule has 0 aliphatic carbocycles. The molecule has 0 bridgehead atoms. The standard InChI is InChI=1S/C9H18O/c1-4-6-7-9(10)8(3)5-2/h10H,4-7H2,1-3H3/b9-8-. The Labute approximate surface area is 63.8 Å². The van der Waals surface area contributed by atoms with Gasteiger partial charge in [0.25, 0.3) is 0 Å². The van der Waals surface area contributed by atoms with Crippen LogP contribution < -0.4 is 0 Å². The van der Waals surface area contributed by atoms with E-state index in [1.54, 1.807) is 0 Å². The molecule has 0 spiro atoms. The Morgan fingerprint density at radius 3 is 2.30 bits per heavy atom. The molecule has 1 nitrogen and oxygen atoms in total. The van der Waals surface area contributed by atoms with Crippen LogP contribution in [0.1, 0.15) is 46.5 Å². The molecule has 0 aromatic carbocycles. The zero-order valence-electron chi connectivity index (χ0n) is 7.28. The van der Waals surface area contributed by atoms with Gasteiger partial charge in [0, 0.05) is 6.42 Å². The van der Waals surface area contributed by atoms with E-state index in [0.29, 0.717) is 5.76 Å². The van der Waals surface area contributed by atoms with Crippen molar-refractivity contribution in [2.24, 2.45) is 0 Å². The molecule has 1 N–H and O–H groups in total. The van der Waals surface area contributed by atoms with Crippen LogP contribution in [0.25, 0.3) is 0 Å². The first-order valence-corrected chi connectivity index (χ1v) is 4.09. The first-order valence-electron chi connectivity index (χ1n) is 4.09. The molecule has 0 rings (SSSR count). The van der Waals surface area contributed by atoms with Crippen molar-refractivity contribution in [3.05, 3.63) is 11.3 Å². The summed E-state index contributed by atoms with van der Waals surface area (Å²) >= 11 is 0. The predicted octanol–water partition coefficient (Wildman–Crippen LogP) is 3.42. The molecular weight excluding hydrogens is 124 g/mol. The minimum Gasteiger partial charge on any atom is -0.512 e. The van der Waals surface area contributed by atoms with Crippen LogP contribution in [0.15, 0.2) is 11.3 Å². The number of allylic oxidation sites excluding steroid dienone is 2. The average Bonchev–Trinajstić information content (AvgIpc) is 1.98. The predicted molar refractivity (Wildman–Crippen MR) is 45.1 cm³/mol. The van der Waals surface area contributed by atoms with Gasteiger partial charge in [0.2, 0.25) is 0 Å². The molecule has 0 unspecified atom stereocenters. The van der Waals surface area contributed by atoms with Gasteiger partial charge in [-0.1, -0.05) is 20.3 Å². The molecule has 0 aromatic heterocycles. The lowest BCUT2D eigenvalue weighted by molar-refractivity contribution is 0.374. The van der Waals surface area contributed by atoms with E-state index in [1.165, 1.54) is 0 Å². The highest BCUT2D eigenvalue weighted by molar-refractivity contribution is 5.03. The zero-order chi connectivity index (χ0) is 7.98. The molecule has 0 amide bonds. The second kappa shape index (κ2) is 5.33. The highest BCUT2D eigenvalue weighted by Crippen LogP contribution is 2.11. The minimum atomic E-state index is 0.601. The van der Waals surface area contributed by atoms with Gasteiger partial charge < -0.3 is 5.11 Å². The Hall–Kier alpha value is -0.460. The molecule has 0 saturated carbocycles. The quantitative estimate of drug-likeness (QED) is 0.596. The first kappa shape index (κ1) is 9.54. The highest BCUT2D eigenvalue weighted by Gasteiger charge is 1.96. The van der Waals surface area contributed by atoms with Crippen LogP contribution in [0.3, 0.4) is 0 Å². The fourth-order valence-electron chi connectivity index (χ4n) is 0.762. The Balaban J connectivity index is 3.68. The molecule has 1 heteroatoms. The lowest BCUT2D eigenvalue weighted by Crippen LogP contribution is -1.86. The summed E-state index contributed by atoms with van der Waals surface area (Å²) in [6.07, 6.45) is 4.08. The minimum absolute atomic E-state index is 0.601. The van der Waals surface area contributed by atoms with E-state index in [-0.39, 0.29) is 0 Å². The normalized spacial score (nSPS) is 13.1. The van der Waals surface area contributed by atoms with Crippen LogP contribution in [-0.2, 0) is 0 Å². The Morgan fingerprint density at radius 2 is 1.90 bits per heavy atom. The molecule has 0 aliphatic heterocycles. The molecule has 0 atom stereocenters. The van der Waals surface area contributed by atoms with Crippen molar-refractivity contribution < 1.29 is 5.11 Å². The van der Waals surface area contributed by atoms with Gasteiger partial charge in [0.15, 0.2) is 0 Å². The highest BCUT2D eigenvalue weighted by atomic mass is 16.3. The topological polar surface area (TPSA) is 20.2 Å². The maximum atomic E-state index is 9.33. The fourth-order valence-corrected chi connectivity index (χ4v) is 0.762. The molecule has 0 radical (unpaired) electrons. The molecule has 0 saturated heterocycles. The summed E-state index contributed by atoms with van der Waals surface area (Å²) in [5, 5.41) is 9.33. The van der Waals surface area contributed by atoms with Crippen molar-refractivity contribution in [3.8, 4) is 0 Å². The third-order valence-electron chi connectivity index (χ3n) is 1.79. The van der Waals surface area contributed by atoms with E-state index in [4.69, 9.17) is 0 Å². The van der Waals surface area contributed by atoms with Gasteiger partial charge in [0.05, 0.1) is 5.76 Å². The van der Waals surface area contributed by atoms with Gasteiger partial charge in [-0.25, -0.2) is 0 Å². The Kier molecular flexibility index (Phi) is 5.09. The number of aliphatic hydroxyl groups is 1. The zero-order valence-corrected chi connectivity index (χ0v) is 7.28. The van der Waals surface area contributed by atoms with Crippen molar-refractivity contribution in [1.82, 2.24) is 0 Å². The Bertz CT molecular complexity index is 114. The number of hydrogen-bond donors (Lipinski definition) is 1. The Morgan fingerprint density at radius 1 is 1.30 bits per heavy atom. The van der Waals surface area contributed by atoms with E-state index in [0.717, 1.165) is 31.3 Å². The third kappa shape index (κ3) is 3.54. The summed E-state index contributed by atoms with van der Waals surface area (Å²) in [6.45, 7) is 6.19. The fraction of sp³-hybridized carbons (Fsp3) is 0.778. The summed E-state index contributed by atoms with van der Waals surface area (Å²) in [5.74, 6) is 0.601. The molecule has 0 aromatic rings. The van der Waals surface area contributed by atoms with E-state index >= 15 is 0 Å². The monoisotopic (exact) mass is 142 g/mol. The van der Waals surface area contributed by atoms with Gasteiger partial charge in [-0.2, -0.15) is 0 Å². The summed E-state index contributed by atoms with van der Waals surface area (Å²) < 4.78 is 0. The number of unbranched alkanes of at least 4 members (excludes halogenated alkanes) is 1. The summed E-state index contributed by atoms with van der Waals surface area (Å²) in [4.78, 5) is 0. The van der Waals surface area contributed by atoms with Crippen molar-refractivity contribution in [3.63, 3.8) is 0 Å².